The molecule has 0 aromatic carbocycles. The Morgan fingerprint density at radius 1 is 1.41 bits per heavy atom. The lowest BCUT2D eigenvalue weighted by atomic mass is 10.00. The molecule has 0 bridgehead atoms. The van der Waals surface area contributed by atoms with Crippen LogP contribution in [-0.2, 0) is 9.59 Å². The van der Waals surface area contributed by atoms with E-state index in [-0.39, 0.29) is 0 Å². The topological polar surface area (TPSA) is 113 Å². The van der Waals surface area contributed by atoms with Gasteiger partial charge < -0.3 is 10.8 Å². The van der Waals surface area contributed by atoms with Crippen molar-refractivity contribution in [2.24, 2.45) is 5.73 Å². The third-order valence-corrected chi connectivity index (χ3v) is 2.95. The SMILES string of the molecule is CC(C(=O)NC(N)=O)N1CCCCC1C(=O)O. The molecule has 1 saturated heterocycles. The molecule has 1 rings (SSSR count). The summed E-state index contributed by atoms with van der Waals surface area (Å²) in [5.74, 6) is -1.51. The first-order chi connectivity index (χ1) is 7.93. The second-order valence-electron chi connectivity index (χ2n) is 4.12. The number of carboxylic acid groups (broad SMARTS) is 1. The van der Waals surface area contributed by atoms with Crippen molar-refractivity contribution in [3.8, 4) is 0 Å². The highest BCUT2D eigenvalue weighted by Gasteiger charge is 2.34. The van der Waals surface area contributed by atoms with Crippen LogP contribution in [0.3, 0.4) is 0 Å². The number of imide groups is 1. The molecule has 1 aliphatic heterocycles. The largest absolute Gasteiger partial charge is 0.480 e. The fourth-order valence-corrected chi connectivity index (χ4v) is 2.06. The molecular weight excluding hydrogens is 226 g/mol. The molecule has 0 saturated carbocycles. The summed E-state index contributed by atoms with van der Waals surface area (Å²) < 4.78 is 0. The van der Waals surface area contributed by atoms with E-state index in [9.17, 15) is 14.4 Å². The molecule has 2 atom stereocenters. The zero-order valence-electron chi connectivity index (χ0n) is 9.68. The second-order valence-corrected chi connectivity index (χ2v) is 4.12. The van der Waals surface area contributed by atoms with Crippen molar-refractivity contribution < 1.29 is 19.5 Å². The van der Waals surface area contributed by atoms with E-state index in [0.717, 1.165) is 12.8 Å². The molecule has 7 nitrogen and oxygen atoms in total. The molecular formula is C10H17N3O4. The molecule has 7 heteroatoms. The Kier molecular flexibility index (Phi) is 4.45. The van der Waals surface area contributed by atoms with Crippen LogP contribution in [0.5, 0.6) is 0 Å². The number of urea groups is 1. The molecule has 0 radical (unpaired) electrons. The maximum absolute atomic E-state index is 11.6. The van der Waals surface area contributed by atoms with Gasteiger partial charge in [0.15, 0.2) is 0 Å². The predicted octanol–water partition coefficient (Wildman–Crippen LogP) is -0.491. The number of carbonyl (C=O) groups is 3. The molecule has 0 aromatic rings. The highest BCUT2D eigenvalue weighted by molar-refractivity contribution is 5.96. The van der Waals surface area contributed by atoms with Crippen molar-refractivity contribution >= 4 is 17.9 Å². The second kappa shape index (κ2) is 5.62. The maximum Gasteiger partial charge on any atom is 0.320 e. The Labute approximate surface area is 98.9 Å². The minimum absolute atomic E-state index is 0.517. The minimum Gasteiger partial charge on any atom is -0.480 e. The fraction of sp³-hybridized carbons (Fsp3) is 0.700. The van der Waals surface area contributed by atoms with Crippen LogP contribution < -0.4 is 11.1 Å². The fourth-order valence-electron chi connectivity index (χ4n) is 2.06. The first-order valence-corrected chi connectivity index (χ1v) is 5.52. The van der Waals surface area contributed by atoms with E-state index < -0.39 is 30.0 Å². The first-order valence-electron chi connectivity index (χ1n) is 5.52. The summed E-state index contributed by atoms with van der Waals surface area (Å²) >= 11 is 0. The average molecular weight is 243 g/mol. The van der Waals surface area contributed by atoms with Crippen LogP contribution in [0.25, 0.3) is 0 Å². The minimum atomic E-state index is -0.941. The van der Waals surface area contributed by atoms with Gasteiger partial charge >= 0.3 is 12.0 Å². The third kappa shape index (κ3) is 3.42. The van der Waals surface area contributed by atoms with Crippen LogP contribution in [0, 0.1) is 0 Å². The van der Waals surface area contributed by atoms with Crippen LogP contribution in [0.1, 0.15) is 26.2 Å². The number of piperidine rings is 1. The molecule has 0 aromatic heterocycles. The van der Waals surface area contributed by atoms with Gasteiger partial charge in [0, 0.05) is 0 Å². The number of likely N-dealkylation sites (tertiary alicyclic amines) is 1. The number of hydrogen-bond acceptors (Lipinski definition) is 4. The lowest BCUT2D eigenvalue weighted by Gasteiger charge is -2.36. The summed E-state index contributed by atoms with van der Waals surface area (Å²) in [4.78, 5) is 34.8. The number of amides is 3. The number of nitrogens with two attached hydrogens (primary N) is 1. The monoisotopic (exact) mass is 243 g/mol. The van der Waals surface area contributed by atoms with E-state index in [2.05, 4.69) is 0 Å². The number of hydrogen-bond donors (Lipinski definition) is 3. The van der Waals surface area contributed by atoms with Crippen molar-refractivity contribution in [1.29, 1.82) is 0 Å². The smallest absolute Gasteiger partial charge is 0.320 e. The normalized spacial score (nSPS) is 22.8. The maximum atomic E-state index is 11.6. The molecule has 1 fully saturated rings. The van der Waals surface area contributed by atoms with Gasteiger partial charge in [-0.05, 0) is 26.3 Å². The van der Waals surface area contributed by atoms with E-state index in [0.29, 0.717) is 13.0 Å². The zero-order valence-corrected chi connectivity index (χ0v) is 9.68. The van der Waals surface area contributed by atoms with Crippen molar-refractivity contribution in [3.63, 3.8) is 0 Å². The number of nitrogens with one attached hydrogen (secondary N) is 1. The molecule has 0 aliphatic carbocycles. The molecule has 3 amide bonds. The van der Waals surface area contributed by atoms with Gasteiger partial charge in [0.25, 0.3) is 0 Å². The Morgan fingerprint density at radius 3 is 2.59 bits per heavy atom. The third-order valence-electron chi connectivity index (χ3n) is 2.95. The van der Waals surface area contributed by atoms with Crippen molar-refractivity contribution in [1.82, 2.24) is 10.2 Å². The number of nitrogens with zero attached hydrogens (tertiary/aromatic N) is 1. The summed E-state index contributed by atoms with van der Waals surface area (Å²) in [7, 11) is 0. The Hall–Kier alpha value is -1.63. The Morgan fingerprint density at radius 2 is 2.06 bits per heavy atom. The molecule has 1 aliphatic rings. The lowest BCUT2D eigenvalue weighted by Crippen LogP contribution is -2.55. The Bertz CT molecular complexity index is 332. The number of rotatable bonds is 3. The molecule has 0 spiro atoms. The molecule has 96 valence electrons. The standard InChI is InChI=1S/C10H17N3O4/c1-6(8(14)12-10(11)17)13-5-3-2-4-7(13)9(15)16/h6-7H,2-5H2,1H3,(H,15,16)(H3,11,12,14,17). The van der Waals surface area contributed by atoms with Gasteiger partial charge in [-0.2, -0.15) is 0 Å². The van der Waals surface area contributed by atoms with Crippen LogP contribution in [0.4, 0.5) is 4.79 Å². The van der Waals surface area contributed by atoms with Crippen LogP contribution in [-0.4, -0.2) is 46.5 Å². The quantitative estimate of drug-likeness (QED) is 0.619. The molecule has 2 unspecified atom stereocenters. The molecule has 4 N–H and O–H groups in total. The number of primary amides is 1. The number of aliphatic carboxylic acids is 1. The van der Waals surface area contributed by atoms with Gasteiger partial charge in [-0.1, -0.05) is 6.42 Å². The summed E-state index contributed by atoms with van der Waals surface area (Å²) in [6.45, 7) is 2.10. The Balaban J connectivity index is 2.70. The molecule has 1 heterocycles. The van der Waals surface area contributed by atoms with E-state index >= 15 is 0 Å². The van der Waals surface area contributed by atoms with Crippen LogP contribution in [0.15, 0.2) is 0 Å². The van der Waals surface area contributed by atoms with Crippen molar-refractivity contribution in [2.75, 3.05) is 6.54 Å². The van der Waals surface area contributed by atoms with Crippen LogP contribution in [0.2, 0.25) is 0 Å². The number of carbonyl (C=O) groups excluding carboxylic acids is 2. The van der Waals surface area contributed by atoms with Gasteiger partial charge in [0.2, 0.25) is 5.91 Å². The zero-order chi connectivity index (χ0) is 13.0. The van der Waals surface area contributed by atoms with Crippen molar-refractivity contribution in [3.05, 3.63) is 0 Å². The van der Waals surface area contributed by atoms with Crippen LogP contribution >= 0.6 is 0 Å². The van der Waals surface area contributed by atoms with E-state index in [1.54, 1.807) is 11.8 Å². The summed E-state index contributed by atoms with van der Waals surface area (Å²) in [5.41, 5.74) is 4.85. The van der Waals surface area contributed by atoms with E-state index in [4.69, 9.17) is 10.8 Å². The van der Waals surface area contributed by atoms with Gasteiger partial charge in [-0.3, -0.25) is 19.8 Å². The average Bonchev–Trinajstić information content (AvgIpc) is 2.27. The van der Waals surface area contributed by atoms with Crippen molar-refractivity contribution in [2.45, 2.75) is 38.3 Å². The molecule has 17 heavy (non-hydrogen) atoms. The lowest BCUT2D eigenvalue weighted by molar-refractivity contribution is -0.147. The van der Waals surface area contributed by atoms with E-state index in [1.807, 2.05) is 5.32 Å². The summed E-state index contributed by atoms with van der Waals surface area (Å²) in [6, 6.07) is -2.27. The highest BCUT2D eigenvalue weighted by Crippen LogP contribution is 2.19. The predicted molar refractivity (Wildman–Crippen MR) is 59.2 cm³/mol. The highest BCUT2D eigenvalue weighted by atomic mass is 16.4. The summed E-state index contributed by atoms with van der Waals surface area (Å²) in [6.07, 6.45) is 2.19. The number of carboxylic acids is 1. The van der Waals surface area contributed by atoms with E-state index in [1.165, 1.54) is 0 Å². The van der Waals surface area contributed by atoms with Gasteiger partial charge in [-0.15, -0.1) is 0 Å². The van der Waals surface area contributed by atoms with Gasteiger partial charge in [0.05, 0.1) is 6.04 Å². The first kappa shape index (κ1) is 13.4. The summed E-state index contributed by atoms with van der Waals surface area (Å²) in [5, 5.41) is 11.0. The van der Waals surface area contributed by atoms with Gasteiger partial charge in [0.1, 0.15) is 6.04 Å². The van der Waals surface area contributed by atoms with Gasteiger partial charge in [-0.25, -0.2) is 4.79 Å².